The van der Waals surface area contributed by atoms with E-state index in [0.717, 1.165) is 35.1 Å². The van der Waals surface area contributed by atoms with Crippen LogP contribution in [0.1, 0.15) is 100.0 Å². The average molecular weight is 863 g/mol. The molecule has 2 aromatic rings. The fourth-order valence-electron chi connectivity index (χ4n) is 9.31. The number of benzene rings is 2. The number of primary amides is 2. The van der Waals surface area contributed by atoms with E-state index in [1.54, 1.807) is 61.3 Å². The first-order valence-electron chi connectivity index (χ1n) is 20.9. The van der Waals surface area contributed by atoms with Crippen molar-refractivity contribution in [2.45, 2.75) is 138 Å². The second-order valence-corrected chi connectivity index (χ2v) is 21.0. The minimum Gasteiger partial charge on any atom is -0.368 e. The van der Waals surface area contributed by atoms with Crippen molar-refractivity contribution in [1.82, 2.24) is 31.1 Å². The first-order chi connectivity index (χ1) is 28.3. The van der Waals surface area contributed by atoms with Crippen LogP contribution in [0.25, 0.3) is 0 Å². The van der Waals surface area contributed by atoms with Crippen LogP contribution >= 0.6 is 23.5 Å². The number of fused-ring (bicyclic) bond motifs is 2. The molecule has 10 atom stereocenters. The van der Waals surface area contributed by atoms with Crippen LogP contribution in [-0.2, 0) is 41.6 Å². The van der Waals surface area contributed by atoms with Crippen LogP contribution in [0.3, 0.4) is 0 Å². The van der Waals surface area contributed by atoms with Crippen molar-refractivity contribution in [3.05, 3.63) is 70.8 Å². The van der Waals surface area contributed by atoms with Crippen LogP contribution in [0.15, 0.2) is 48.5 Å². The number of nitrogens with zero attached hydrogens (tertiary/aromatic N) is 2. The zero-order valence-corrected chi connectivity index (χ0v) is 37.6. The van der Waals surface area contributed by atoms with Gasteiger partial charge in [-0.15, -0.1) is 23.5 Å². The van der Waals surface area contributed by atoms with E-state index in [4.69, 9.17) is 11.5 Å². The number of nitrogens with one attached hydrogen (secondary N) is 4. The smallest absolute Gasteiger partial charge is 0.246 e. The van der Waals surface area contributed by atoms with Gasteiger partial charge in [-0.05, 0) is 99.6 Å². The van der Waals surface area contributed by atoms with E-state index < -0.39 is 58.9 Å². The Morgan fingerprint density at radius 3 is 1.28 bits per heavy atom. The average Bonchev–Trinajstić information content (AvgIpc) is 3.54. The molecule has 0 saturated carbocycles. The molecule has 14 nitrogen and oxygen atoms in total. The number of hydrogen-bond donors (Lipinski definition) is 6. The summed E-state index contributed by atoms with van der Waals surface area (Å²) in [6.45, 7) is 11.3. The summed E-state index contributed by atoms with van der Waals surface area (Å²) in [4.78, 5) is 82.9. The summed E-state index contributed by atoms with van der Waals surface area (Å²) in [5, 5.41) is 11.0. The Bertz CT molecular complexity index is 1820. The first-order valence-corrected chi connectivity index (χ1v) is 22.8. The molecule has 16 heteroatoms. The molecule has 4 saturated heterocycles. The number of thioether (sulfide) groups is 2. The van der Waals surface area contributed by atoms with Crippen molar-refractivity contribution in [3.63, 3.8) is 0 Å². The Hall–Kier alpha value is -4.12. The van der Waals surface area contributed by atoms with Crippen LogP contribution < -0.4 is 32.7 Å². The molecule has 4 aliphatic heterocycles. The van der Waals surface area contributed by atoms with Crippen molar-refractivity contribution in [3.8, 4) is 0 Å². The number of aryl methyl sites for hydroxylation is 2. The van der Waals surface area contributed by atoms with E-state index in [2.05, 4.69) is 69.8 Å². The number of likely N-dealkylation sites (N-methyl/N-ethyl adjacent to an activating group) is 2. The standard InChI is InChI=1S/C44H62N8O6S2/c1-23(47-7)39(55)49-29-19-31(59-33-21-43(3,4)35(37(45)53)51(33)41(29)57)27-15-11-25(12-16-27)9-10-26-13-17-28(18-14-26)32-20-30(50-40(56)24(2)48-8)42(58)52-34(60-32)22-44(5,6)36(52)38(46)54/h11-18,23-24,29-36,47-48H,9-10,19-22H2,1-8H3,(H2,45,53)(H2,46,54)(H,49,55)(H,50,56)/t23-,24-,29?,30?,31?,32?,33?,34?,35?,36?/m0/s1. The van der Waals surface area contributed by atoms with Gasteiger partial charge in [0.25, 0.3) is 0 Å². The number of amides is 6. The zero-order chi connectivity index (χ0) is 43.8. The van der Waals surface area contributed by atoms with E-state index in [-0.39, 0.29) is 44.9 Å². The fourth-order valence-corrected chi connectivity index (χ4v) is 13.1. The van der Waals surface area contributed by atoms with Crippen molar-refractivity contribution in [2.75, 3.05) is 14.1 Å². The van der Waals surface area contributed by atoms with Gasteiger partial charge in [-0.1, -0.05) is 76.2 Å². The Morgan fingerprint density at radius 1 is 0.650 bits per heavy atom. The monoisotopic (exact) mass is 862 g/mol. The maximum Gasteiger partial charge on any atom is 0.246 e. The highest BCUT2D eigenvalue weighted by molar-refractivity contribution is 8.00. The zero-order valence-electron chi connectivity index (χ0n) is 36.0. The Labute approximate surface area is 362 Å². The van der Waals surface area contributed by atoms with E-state index in [1.807, 2.05) is 27.7 Å². The van der Waals surface area contributed by atoms with Crippen LogP contribution in [-0.4, -0.2) is 106 Å². The van der Waals surface area contributed by atoms with Gasteiger partial charge in [-0.2, -0.15) is 0 Å². The van der Waals surface area contributed by atoms with Crippen LogP contribution in [0.4, 0.5) is 0 Å². The molecule has 0 bridgehead atoms. The van der Waals surface area contributed by atoms with E-state index in [1.165, 1.54) is 0 Å². The molecule has 0 aliphatic carbocycles. The third-order valence-electron chi connectivity index (χ3n) is 12.9. The molecule has 2 aromatic carbocycles. The van der Waals surface area contributed by atoms with E-state index >= 15 is 0 Å². The largest absolute Gasteiger partial charge is 0.368 e. The van der Waals surface area contributed by atoms with Crippen molar-refractivity contribution in [2.24, 2.45) is 22.3 Å². The number of carbonyl (C=O) groups excluding carboxylic acids is 6. The lowest BCUT2D eigenvalue weighted by Gasteiger charge is -2.32. The second-order valence-electron chi connectivity index (χ2n) is 18.2. The molecule has 0 aromatic heterocycles. The molecule has 4 heterocycles. The van der Waals surface area contributed by atoms with Crippen LogP contribution in [0, 0.1) is 10.8 Å². The molecule has 8 N–H and O–H groups in total. The Morgan fingerprint density at radius 2 is 0.983 bits per heavy atom. The van der Waals surface area contributed by atoms with Gasteiger partial charge < -0.3 is 42.5 Å². The topological polar surface area (TPSA) is 209 Å². The molecule has 4 aliphatic rings. The summed E-state index contributed by atoms with van der Waals surface area (Å²) >= 11 is 3.31. The van der Waals surface area contributed by atoms with Crippen molar-refractivity contribution < 1.29 is 28.8 Å². The normalized spacial score (nSPS) is 29.4. The highest BCUT2D eigenvalue weighted by Crippen LogP contribution is 2.53. The first kappa shape index (κ1) is 45.4. The predicted octanol–water partition coefficient (Wildman–Crippen LogP) is 2.89. The van der Waals surface area contributed by atoms with Crippen molar-refractivity contribution in [1.29, 1.82) is 0 Å². The van der Waals surface area contributed by atoms with Crippen LogP contribution in [0.5, 0.6) is 0 Å². The molecular weight excluding hydrogens is 801 g/mol. The quantitative estimate of drug-likeness (QED) is 0.174. The lowest BCUT2D eigenvalue weighted by atomic mass is 9.84. The van der Waals surface area contributed by atoms with Gasteiger partial charge in [0.2, 0.25) is 35.4 Å². The molecule has 0 radical (unpaired) electrons. The highest BCUT2D eigenvalue weighted by atomic mass is 32.2. The van der Waals surface area contributed by atoms with Gasteiger partial charge >= 0.3 is 0 Å². The van der Waals surface area contributed by atoms with E-state index in [0.29, 0.717) is 25.7 Å². The van der Waals surface area contributed by atoms with Gasteiger partial charge in [0.1, 0.15) is 24.2 Å². The number of carbonyl (C=O) groups is 6. The molecule has 60 heavy (non-hydrogen) atoms. The molecule has 0 spiro atoms. The van der Waals surface area contributed by atoms with Gasteiger partial charge in [0.15, 0.2) is 0 Å². The van der Waals surface area contributed by atoms with Crippen LogP contribution in [0.2, 0.25) is 0 Å². The highest BCUT2D eigenvalue weighted by Gasteiger charge is 2.56. The lowest BCUT2D eigenvalue weighted by molar-refractivity contribution is -0.142. The second kappa shape index (κ2) is 18.1. The predicted molar refractivity (Wildman–Crippen MR) is 235 cm³/mol. The molecule has 4 fully saturated rings. The molecular formula is C44H62N8O6S2. The minimum absolute atomic E-state index is 0.107. The third-order valence-corrected chi connectivity index (χ3v) is 15.9. The number of rotatable bonds is 13. The SMILES string of the molecule is CN[C@@H](C)C(=O)NC1CC(c2ccc(CCc3ccc(C4CC(NC(=O)[C@H](C)NC)C(=O)N5C(CC(C)(C)C5C(N)=O)S4)cc3)cc2)SC2CC(C)(C)C(C(N)=O)N2C1=O. The number of hydrogen-bond acceptors (Lipinski definition) is 10. The van der Waals surface area contributed by atoms with Gasteiger partial charge in [-0.25, -0.2) is 0 Å². The van der Waals surface area contributed by atoms with Gasteiger partial charge in [-0.3, -0.25) is 28.8 Å². The molecule has 6 rings (SSSR count). The summed E-state index contributed by atoms with van der Waals surface area (Å²) < 4.78 is 0. The summed E-state index contributed by atoms with van der Waals surface area (Å²) in [5.41, 5.74) is 15.1. The Kier molecular flexibility index (Phi) is 13.7. The maximum atomic E-state index is 14.1. The Balaban J connectivity index is 1.15. The summed E-state index contributed by atoms with van der Waals surface area (Å²) in [6, 6.07) is 12.7. The third kappa shape index (κ3) is 9.36. The fraction of sp³-hybridized carbons (Fsp3) is 0.591. The van der Waals surface area contributed by atoms with E-state index in [9.17, 15) is 28.8 Å². The van der Waals surface area contributed by atoms with Crippen molar-refractivity contribution >= 4 is 59.0 Å². The summed E-state index contributed by atoms with van der Waals surface area (Å²) in [5.74, 6) is -2.20. The van der Waals surface area contributed by atoms with Gasteiger partial charge in [0, 0.05) is 10.5 Å². The maximum absolute atomic E-state index is 14.1. The summed E-state index contributed by atoms with van der Waals surface area (Å²) in [6.07, 6.45) is 3.58. The van der Waals surface area contributed by atoms with Gasteiger partial charge in [0.05, 0.1) is 22.8 Å². The molecule has 326 valence electrons. The lowest BCUT2D eigenvalue weighted by Crippen LogP contribution is -2.57. The molecule has 6 amide bonds. The minimum atomic E-state index is -0.811. The summed E-state index contributed by atoms with van der Waals surface area (Å²) in [7, 11) is 3.38. The number of nitrogens with two attached hydrogens (primary N) is 2. The molecule has 8 unspecified atom stereocenters.